The molecule has 0 saturated carbocycles. The molecule has 0 unspecified atom stereocenters. The number of benzene rings is 1. The number of methoxy groups -OCH3 is 1. The quantitative estimate of drug-likeness (QED) is 0.754. The van der Waals surface area contributed by atoms with Crippen molar-refractivity contribution in [1.82, 2.24) is 4.90 Å². The lowest BCUT2D eigenvalue weighted by molar-refractivity contribution is -0.136. The van der Waals surface area contributed by atoms with Crippen molar-refractivity contribution in [3.05, 3.63) is 28.2 Å². The fourth-order valence-corrected chi connectivity index (χ4v) is 3.02. The van der Waals surface area contributed by atoms with Crippen LogP contribution in [-0.2, 0) is 14.3 Å². The van der Waals surface area contributed by atoms with E-state index in [1.54, 1.807) is 23.1 Å². The molecular weight excluding hydrogens is 380 g/mol. The summed E-state index contributed by atoms with van der Waals surface area (Å²) in [5.74, 6) is -0.892. The van der Waals surface area contributed by atoms with Crippen LogP contribution >= 0.6 is 15.9 Å². The fourth-order valence-electron chi connectivity index (χ4n) is 2.53. The Morgan fingerprint density at radius 1 is 1.38 bits per heavy atom. The molecule has 0 spiro atoms. The van der Waals surface area contributed by atoms with E-state index in [4.69, 9.17) is 10.5 Å². The van der Waals surface area contributed by atoms with Gasteiger partial charge in [0.2, 0.25) is 5.91 Å². The highest BCUT2D eigenvalue weighted by atomic mass is 79.9. The number of nitrogens with zero attached hydrogens (tertiary/aromatic N) is 1. The van der Waals surface area contributed by atoms with E-state index in [2.05, 4.69) is 20.7 Å². The molecule has 0 radical (unpaired) electrons. The first-order chi connectivity index (χ1) is 11.4. The number of piperidine rings is 1. The maximum absolute atomic E-state index is 12.2. The number of nitrogens with two attached hydrogens (primary N) is 1. The van der Waals surface area contributed by atoms with E-state index in [1.165, 1.54) is 7.11 Å². The largest absolute Gasteiger partial charge is 0.483 e. The maximum atomic E-state index is 12.2. The standard InChI is InChI=1S/C16H19BrN2O5/c1-23-16(22)10-4-5-13(12(17)7-10)24-9-14(20)19-6-2-3-11(8-19)15(18)21/h4-5,7,11H,2-3,6,8-9H2,1H3,(H2,18,21)/t11-/m0/s1. The molecule has 1 aliphatic heterocycles. The lowest BCUT2D eigenvalue weighted by Crippen LogP contribution is -2.45. The van der Waals surface area contributed by atoms with E-state index in [9.17, 15) is 14.4 Å². The van der Waals surface area contributed by atoms with Gasteiger partial charge in [0.05, 0.1) is 23.1 Å². The van der Waals surface area contributed by atoms with Crippen LogP contribution in [0.25, 0.3) is 0 Å². The number of carbonyl (C=O) groups excluding carboxylic acids is 3. The van der Waals surface area contributed by atoms with E-state index in [0.29, 0.717) is 35.3 Å². The molecule has 1 saturated heterocycles. The van der Waals surface area contributed by atoms with Crippen molar-refractivity contribution in [3.63, 3.8) is 0 Å². The number of halogens is 1. The van der Waals surface area contributed by atoms with Crippen LogP contribution in [0.4, 0.5) is 0 Å². The molecule has 1 aliphatic rings. The van der Waals surface area contributed by atoms with Crippen LogP contribution in [0.5, 0.6) is 5.75 Å². The Morgan fingerprint density at radius 2 is 2.12 bits per heavy atom. The van der Waals surface area contributed by atoms with E-state index in [1.807, 2.05) is 0 Å². The lowest BCUT2D eigenvalue weighted by atomic mass is 9.97. The van der Waals surface area contributed by atoms with Gasteiger partial charge in [0, 0.05) is 13.1 Å². The predicted octanol–water partition coefficient (Wildman–Crippen LogP) is 1.34. The first-order valence-electron chi connectivity index (χ1n) is 7.50. The zero-order chi connectivity index (χ0) is 17.7. The van der Waals surface area contributed by atoms with Crippen LogP contribution in [0, 0.1) is 5.92 Å². The second kappa shape index (κ2) is 8.14. The molecule has 1 aromatic carbocycles. The molecule has 8 heteroatoms. The van der Waals surface area contributed by atoms with Crippen LogP contribution in [0.3, 0.4) is 0 Å². The molecule has 2 rings (SSSR count). The summed E-state index contributed by atoms with van der Waals surface area (Å²) in [5, 5.41) is 0. The third-order valence-corrected chi connectivity index (χ3v) is 4.50. The summed E-state index contributed by atoms with van der Waals surface area (Å²) in [4.78, 5) is 36.5. The van der Waals surface area contributed by atoms with Crippen molar-refractivity contribution in [2.45, 2.75) is 12.8 Å². The number of carbonyl (C=O) groups is 3. The van der Waals surface area contributed by atoms with Gasteiger partial charge in [-0.3, -0.25) is 9.59 Å². The van der Waals surface area contributed by atoms with Crippen LogP contribution in [0.1, 0.15) is 23.2 Å². The molecule has 130 valence electrons. The van der Waals surface area contributed by atoms with Crippen LogP contribution < -0.4 is 10.5 Å². The monoisotopic (exact) mass is 398 g/mol. The number of rotatable bonds is 5. The number of ether oxygens (including phenoxy) is 2. The summed E-state index contributed by atoms with van der Waals surface area (Å²) in [6, 6.07) is 4.71. The lowest BCUT2D eigenvalue weighted by Gasteiger charge is -2.31. The van der Waals surface area contributed by atoms with Crippen LogP contribution in [0.15, 0.2) is 22.7 Å². The summed E-state index contributed by atoms with van der Waals surface area (Å²) in [5.41, 5.74) is 5.69. The van der Waals surface area contributed by atoms with Gasteiger partial charge in [0.25, 0.3) is 5.91 Å². The average Bonchev–Trinajstić information content (AvgIpc) is 2.59. The average molecular weight is 399 g/mol. The summed E-state index contributed by atoms with van der Waals surface area (Å²) in [6.07, 6.45) is 1.46. The van der Waals surface area contributed by atoms with Gasteiger partial charge in [0.15, 0.2) is 6.61 Å². The summed E-state index contributed by atoms with van der Waals surface area (Å²) < 4.78 is 10.7. The van der Waals surface area contributed by atoms with Gasteiger partial charge in [-0.1, -0.05) is 0 Å². The smallest absolute Gasteiger partial charge is 0.337 e. The molecule has 1 atom stereocenters. The Kier molecular flexibility index (Phi) is 6.19. The first-order valence-corrected chi connectivity index (χ1v) is 8.29. The second-order valence-electron chi connectivity index (χ2n) is 5.51. The summed E-state index contributed by atoms with van der Waals surface area (Å²) in [6.45, 7) is 0.774. The number of primary amides is 1. The predicted molar refractivity (Wildman–Crippen MR) is 89.5 cm³/mol. The Labute approximate surface area is 148 Å². The zero-order valence-corrected chi connectivity index (χ0v) is 14.9. The highest BCUT2D eigenvalue weighted by molar-refractivity contribution is 9.10. The molecule has 24 heavy (non-hydrogen) atoms. The molecule has 0 bridgehead atoms. The van der Waals surface area contributed by atoms with Crippen molar-refractivity contribution < 1.29 is 23.9 Å². The fraction of sp³-hybridized carbons (Fsp3) is 0.438. The van der Waals surface area contributed by atoms with Gasteiger partial charge < -0.3 is 20.1 Å². The Bertz CT molecular complexity index is 649. The highest BCUT2D eigenvalue weighted by Crippen LogP contribution is 2.26. The zero-order valence-electron chi connectivity index (χ0n) is 13.3. The van der Waals surface area contributed by atoms with Gasteiger partial charge in [0.1, 0.15) is 5.75 Å². The third-order valence-electron chi connectivity index (χ3n) is 3.88. The van der Waals surface area contributed by atoms with Crippen LogP contribution in [0.2, 0.25) is 0 Å². The van der Waals surface area contributed by atoms with E-state index in [-0.39, 0.29) is 24.3 Å². The number of amides is 2. The minimum absolute atomic E-state index is 0.151. The molecule has 1 aromatic rings. The number of hydrogen-bond acceptors (Lipinski definition) is 5. The molecule has 2 N–H and O–H groups in total. The second-order valence-corrected chi connectivity index (χ2v) is 6.36. The molecule has 1 fully saturated rings. The van der Waals surface area contributed by atoms with E-state index < -0.39 is 5.97 Å². The SMILES string of the molecule is COC(=O)c1ccc(OCC(=O)N2CCC[C@H](C(N)=O)C2)c(Br)c1. The molecule has 1 heterocycles. The number of esters is 1. The van der Waals surface area contributed by atoms with Gasteiger partial charge >= 0.3 is 5.97 Å². The van der Waals surface area contributed by atoms with Gasteiger partial charge in [-0.2, -0.15) is 0 Å². The first kappa shape index (κ1) is 18.3. The minimum atomic E-state index is -0.455. The summed E-state index contributed by atoms with van der Waals surface area (Å²) >= 11 is 3.30. The number of hydrogen-bond donors (Lipinski definition) is 1. The molecule has 0 aliphatic carbocycles. The maximum Gasteiger partial charge on any atom is 0.337 e. The third kappa shape index (κ3) is 4.47. The Hall–Kier alpha value is -2.09. The number of likely N-dealkylation sites (tertiary alicyclic amines) is 1. The van der Waals surface area contributed by atoms with Crippen molar-refractivity contribution in [2.24, 2.45) is 11.7 Å². The van der Waals surface area contributed by atoms with E-state index >= 15 is 0 Å². The van der Waals surface area contributed by atoms with Gasteiger partial charge in [-0.25, -0.2) is 4.79 Å². The Balaban J connectivity index is 1.94. The van der Waals surface area contributed by atoms with Crippen LogP contribution in [-0.4, -0.2) is 49.5 Å². The van der Waals surface area contributed by atoms with Crippen molar-refractivity contribution in [2.75, 3.05) is 26.8 Å². The van der Waals surface area contributed by atoms with Crippen molar-refractivity contribution in [1.29, 1.82) is 0 Å². The highest BCUT2D eigenvalue weighted by Gasteiger charge is 2.27. The summed E-state index contributed by atoms with van der Waals surface area (Å²) in [7, 11) is 1.30. The van der Waals surface area contributed by atoms with E-state index in [0.717, 1.165) is 6.42 Å². The molecular formula is C16H19BrN2O5. The normalized spacial score (nSPS) is 17.2. The molecule has 7 nitrogen and oxygen atoms in total. The Morgan fingerprint density at radius 3 is 2.75 bits per heavy atom. The van der Waals surface area contributed by atoms with Gasteiger partial charge in [-0.05, 0) is 47.0 Å². The van der Waals surface area contributed by atoms with Gasteiger partial charge in [-0.15, -0.1) is 0 Å². The van der Waals surface area contributed by atoms with Crippen molar-refractivity contribution >= 4 is 33.7 Å². The molecule has 0 aromatic heterocycles. The topological polar surface area (TPSA) is 98.9 Å². The molecule has 2 amide bonds. The minimum Gasteiger partial charge on any atom is -0.483 e. The van der Waals surface area contributed by atoms with Crippen molar-refractivity contribution in [3.8, 4) is 5.75 Å².